The second-order valence-electron chi connectivity index (χ2n) is 4.53. The van der Waals surface area contributed by atoms with Crippen molar-refractivity contribution in [3.05, 3.63) is 17.2 Å². The van der Waals surface area contributed by atoms with E-state index < -0.39 is 0 Å². The summed E-state index contributed by atoms with van der Waals surface area (Å²) in [5.74, 6) is 2.22. The Bertz CT molecular complexity index is 338. The van der Waals surface area contributed by atoms with E-state index >= 15 is 0 Å². The van der Waals surface area contributed by atoms with Crippen LogP contribution in [0, 0.1) is 5.92 Å². The van der Waals surface area contributed by atoms with Crippen LogP contribution in [-0.4, -0.2) is 9.55 Å². The van der Waals surface area contributed by atoms with Crippen molar-refractivity contribution in [1.82, 2.24) is 9.55 Å². The lowest BCUT2D eigenvalue weighted by molar-refractivity contribution is 0.386. The molecule has 2 heterocycles. The van der Waals surface area contributed by atoms with Crippen molar-refractivity contribution in [1.29, 1.82) is 0 Å². The molecule has 0 aromatic carbocycles. The average molecular weight is 176 g/mol. The van der Waals surface area contributed by atoms with Crippen LogP contribution in [0.1, 0.15) is 37.0 Å². The van der Waals surface area contributed by atoms with Gasteiger partial charge in [0.2, 0.25) is 0 Å². The van der Waals surface area contributed by atoms with Crippen LogP contribution < -0.4 is 0 Å². The smallest absolute Gasteiger partial charge is 0.109 e. The minimum absolute atomic E-state index is 0.853. The highest BCUT2D eigenvalue weighted by Crippen LogP contribution is 2.28. The minimum atomic E-state index is 0.853. The topological polar surface area (TPSA) is 17.8 Å². The summed E-state index contributed by atoms with van der Waals surface area (Å²) in [6, 6.07) is 0. The molecule has 1 aliphatic heterocycles. The van der Waals surface area contributed by atoms with Gasteiger partial charge in [-0.1, -0.05) is 6.92 Å². The molecule has 1 aromatic rings. The van der Waals surface area contributed by atoms with Crippen LogP contribution >= 0.6 is 0 Å². The zero-order valence-electron chi connectivity index (χ0n) is 8.21. The molecule has 0 N–H and O–H groups in total. The number of hydrogen-bond donors (Lipinski definition) is 0. The van der Waals surface area contributed by atoms with E-state index in [4.69, 9.17) is 4.98 Å². The number of hydrogen-bond acceptors (Lipinski definition) is 1. The van der Waals surface area contributed by atoms with Crippen LogP contribution in [0.15, 0.2) is 0 Å². The molecule has 2 nitrogen and oxygen atoms in total. The summed E-state index contributed by atoms with van der Waals surface area (Å²) >= 11 is 0. The standard InChI is InChI=1S/C11H16N2/c1-8-5-6-11-12-9-3-2-4-10(9)13(11)7-8/h8H,2-7H2,1H3. The Balaban J connectivity index is 2.08. The molecule has 70 valence electrons. The summed E-state index contributed by atoms with van der Waals surface area (Å²) in [5, 5.41) is 0. The van der Waals surface area contributed by atoms with Crippen LogP contribution in [0.4, 0.5) is 0 Å². The van der Waals surface area contributed by atoms with Gasteiger partial charge in [0.05, 0.1) is 5.69 Å². The fraction of sp³-hybridized carbons (Fsp3) is 0.727. The molecule has 1 aromatic heterocycles. The number of aromatic nitrogens is 2. The molecule has 2 aliphatic rings. The average Bonchev–Trinajstić information content (AvgIpc) is 2.64. The highest BCUT2D eigenvalue weighted by molar-refractivity contribution is 5.23. The molecule has 0 radical (unpaired) electrons. The summed E-state index contributed by atoms with van der Waals surface area (Å²) in [6.07, 6.45) is 6.36. The number of fused-ring (bicyclic) bond motifs is 3. The highest BCUT2D eigenvalue weighted by Gasteiger charge is 2.24. The van der Waals surface area contributed by atoms with Gasteiger partial charge >= 0.3 is 0 Å². The second-order valence-corrected chi connectivity index (χ2v) is 4.53. The van der Waals surface area contributed by atoms with E-state index in [1.165, 1.54) is 50.2 Å². The molecule has 13 heavy (non-hydrogen) atoms. The monoisotopic (exact) mass is 176 g/mol. The Morgan fingerprint density at radius 2 is 2.23 bits per heavy atom. The van der Waals surface area contributed by atoms with Gasteiger partial charge in [0.15, 0.2) is 0 Å². The van der Waals surface area contributed by atoms with E-state index in [-0.39, 0.29) is 0 Å². The highest BCUT2D eigenvalue weighted by atomic mass is 15.1. The van der Waals surface area contributed by atoms with Gasteiger partial charge in [-0.3, -0.25) is 0 Å². The van der Waals surface area contributed by atoms with Crippen LogP contribution in [-0.2, 0) is 25.8 Å². The van der Waals surface area contributed by atoms with Gasteiger partial charge in [0, 0.05) is 18.7 Å². The first-order valence-electron chi connectivity index (χ1n) is 5.42. The first-order valence-corrected chi connectivity index (χ1v) is 5.42. The number of imidazole rings is 1. The lowest BCUT2D eigenvalue weighted by Crippen LogP contribution is -2.19. The van der Waals surface area contributed by atoms with Gasteiger partial charge in [-0.05, 0) is 31.6 Å². The first-order chi connectivity index (χ1) is 6.34. The van der Waals surface area contributed by atoms with E-state index in [1.54, 1.807) is 5.69 Å². The third-order valence-electron chi connectivity index (χ3n) is 3.42. The van der Waals surface area contributed by atoms with E-state index in [0.29, 0.717) is 0 Å². The number of aryl methyl sites for hydroxylation is 2. The molecule has 0 fully saturated rings. The fourth-order valence-electron chi connectivity index (χ4n) is 2.68. The summed E-state index contributed by atoms with van der Waals surface area (Å²) in [5.41, 5.74) is 2.96. The zero-order chi connectivity index (χ0) is 8.84. The molecule has 2 heteroatoms. The molecule has 1 atom stereocenters. The number of rotatable bonds is 0. The van der Waals surface area contributed by atoms with Crippen LogP contribution in [0.25, 0.3) is 0 Å². The molecular formula is C11H16N2. The Morgan fingerprint density at radius 3 is 3.15 bits per heavy atom. The quantitative estimate of drug-likeness (QED) is 0.591. The van der Waals surface area contributed by atoms with Gasteiger partial charge in [0.25, 0.3) is 0 Å². The molecule has 0 saturated carbocycles. The van der Waals surface area contributed by atoms with Crippen LogP contribution in [0.5, 0.6) is 0 Å². The lowest BCUT2D eigenvalue weighted by atomic mass is 10.0. The Hall–Kier alpha value is -0.790. The molecule has 1 aliphatic carbocycles. The molecular weight excluding hydrogens is 160 g/mol. The summed E-state index contributed by atoms with van der Waals surface area (Å²) in [4.78, 5) is 4.73. The van der Waals surface area contributed by atoms with Crippen molar-refractivity contribution in [3.63, 3.8) is 0 Å². The van der Waals surface area contributed by atoms with Crippen LogP contribution in [0.3, 0.4) is 0 Å². The predicted octanol–water partition coefficient (Wildman–Crippen LogP) is 1.95. The van der Waals surface area contributed by atoms with E-state index in [2.05, 4.69) is 11.5 Å². The number of nitrogens with zero attached hydrogens (tertiary/aromatic N) is 2. The normalized spacial score (nSPS) is 25.8. The van der Waals surface area contributed by atoms with Gasteiger partial charge in [-0.2, -0.15) is 0 Å². The molecule has 3 rings (SSSR count). The van der Waals surface area contributed by atoms with Crippen LogP contribution in [0.2, 0.25) is 0 Å². The van der Waals surface area contributed by atoms with Crippen molar-refractivity contribution in [3.8, 4) is 0 Å². The molecule has 0 spiro atoms. The van der Waals surface area contributed by atoms with Gasteiger partial charge in [-0.25, -0.2) is 4.98 Å². The minimum Gasteiger partial charge on any atom is -0.332 e. The van der Waals surface area contributed by atoms with E-state index in [0.717, 1.165) is 5.92 Å². The SMILES string of the molecule is CC1CCc2nc3c(n2C1)CCC3. The molecule has 0 bridgehead atoms. The third-order valence-corrected chi connectivity index (χ3v) is 3.42. The maximum Gasteiger partial charge on any atom is 0.109 e. The lowest BCUT2D eigenvalue weighted by Gasteiger charge is -2.21. The largest absolute Gasteiger partial charge is 0.332 e. The zero-order valence-corrected chi connectivity index (χ0v) is 8.21. The molecule has 0 saturated heterocycles. The third kappa shape index (κ3) is 1.04. The van der Waals surface area contributed by atoms with Crippen molar-refractivity contribution in [2.75, 3.05) is 0 Å². The van der Waals surface area contributed by atoms with E-state index in [1.807, 2.05) is 0 Å². The van der Waals surface area contributed by atoms with Crippen molar-refractivity contribution in [2.45, 2.75) is 45.6 Å². The van der Waals surface area contributed by atoms with Gasteiger partial charge in [0.1, 0.15) is 5.82 Å². The summed E-state index contributed by atoms with van der Waals surface area (Å²) in [7, 11) is 0. The second kappa shape index (κ2) is 2.60. The van der Waals surface area contributed by atoms with Crippen molar-refractivity contribution in [2.24, 2.45) is 5.92 Å². The van der Waals surface area contributed by atoms with Gasteiger partial charge < -0.3 is 4.57 Å². The van der Waals surface area contributed by atoms with Crippen molar-refractivity contribution >= 4 is 0 Å². The maximum atomic E-state index is 4.73. The Morgan fingerprint density at radius 1 is 1.31 bits per heavy atom. The maximum absolute atomic E-state index is 4.73. The van der Waals surface area contributed by atoms with Gasteiger partial charge in [-0.15, -0.1) is 0 Å². The summed E-state index contributed by atoms with van der Waals surface area (Å²) in [6.45, 7) is 3.57. The molecule has 0 amide bonds. The predicted molar refractivity (Wildman–Crippen MR) is 51.7 cm³/mol. The molecule has 1 unspecified atom stereocenters. The fourth-order valence-corrected chi connectivity index (χ4v) is 2.68. The van der Waals surface area contributed by atoms with E-state index in [9.17, 15) is 0 Å². The summed E-state index contributed by atoms with van der Waals surface area (Å²) < 4.78 is 2.50. The Kier molecular flexibility index (Phi) is 1.52. The Labute approximate surface area is 79.0 Å². The first kappa shape index (κ1) is 7.60. The van der Waals surface area contributed by atoms with Crippen molar-refractivity contribution < 1.29 is 0 Å².